The molecule has 9 nitrogen and oxygen atoms in total. The Morgan fingerprint density at radius 2 is 1.93 bits per heavy atom. The molecule has 4 aromatic rings. The molecule has 0 aliphatic heterocycles. The number of methoxy groups -OCH3 is 1. The molecule has 2 aromatic heterocycles. The third-order valence-electron chi connectivity index (χ3n) is 5.49. The molecule has 12 heteroatoms. The van der Waals surface area contributed by atoms with Crippen LogP contribution in [0.5, 0.6) is 5.75 Å². The van der Waals surface area contributed by atoms with Gasteiger partial charge in [-0.3, -0.25) is 4.79 Å². The van der Waals surface area contributed by atoms with Gasteiger partial charge in [-0.2, -0.15) is 5.26 Å². The van der Waals surface area contributed by atoms with Gasteiger partial charge in [0.25, 0.3) is 0 Å². The number of halogens is 1. The van der Waals surface area contributed by atoms with Crippen molar-refractivity contribution >= 4 is 52.2 Å². The number of nitriles is 1. The molecule has 0 fully saturated rings. The van der Waals surface area contributed by atoms with Crippen LogP contribution < -0.4 is 10.1 Å². The summed E-state index contributed by atoms with van der Waals surface area (Å²) in [4.78, 5) is 24.8. The summed E-state index contributed by atoms with van der Waals surface area (Å²) in [5, 5.41) is 25.9. The van der Waals surface area contributed by atoms with E-state index in [1.54, 1.807) is 24.3 Å². The highest BCUT2D eigenvalue weighted by Gasteiger charge is 2.23. The van der Waals surface area contributed by atoms with Gasteiger partial charge in [-0.1, -0.05) is 47.6 Å². The number of aromatic nitrogens is 2. The first kappa shape index (κ1) is 28.9. The van der Waals surface area contributed by atoms with E-state index in [2.05, 4.69) is 21.2 Å². The standard InChI is InChI=1S/C28H22ClN5O4S2/c1-31-25-24(17-5-9-21(10-6-17)38-12-11-35)22(13-30)28(34-26(25)32-14-23(36)37-2)40-16-20-15-39-27(33-20)18-3-7-19(29)8-4-18/h3-10,15,35H,11-12,14,16H2,2H3,(H,32,34). The van der Waals surface area contributed by atoms with E-state index in [1.807, 2.05) is 29.6 Å². The van der Waals surface area contributed by atoms with Crippen molar-refractivity contribution in [1.29, 1.82) is 5.26 Å². The van der Waals surface area contributed by atoms with E-state index in [0.717, 1.165) is 16.3 Å². The quantitative estimate of drug-likeness (QED) is 0.119. The summed E-state index contributed by atoms with van der Waals surface area (Å²) in [6.45, 7) is 7.68. The van der Waals surface area contributed by atoms with Gasteiger partial charge in [-0.15, -0.1) is 11.3 Å². The first-order valence-corrected chi connectivity index (χ1v) is 14.0. The van der Waals surface area contributed by atoms with Crippen LogP contribution in [-0.4, -0.2) is 47.9 Å². The molecule has 0 saturated heterocycles. The van der Waals surface area contributed by atoms with E-state index in [4.69, 9.17) is 37.7 Å². The highest BCUT2D eigenvalue weighted by atomic mass is 35.5. The number of anilines is 1. The molecule has 0 saturated carbocycles. The fourth-order valence-corrected chi connectivity index (χ4v) is 5.56. The summed E-state index contributed by atoms with van der Waals surface area (Å²) in [5.74, 6) is 0.596. The minimum absolute atomic E-state index is 0.104. The van der Waals surface area contributed by atoms with Gasteiger partial charge in [-0.05, 0) is 29.8 Å². The lowest BCUT2D eigenvalue weighted by Crippen LogP contribution is -2.16. The Morgan fingerprint density at radius 3 is 2.58 bits per heavy atom. The molecule has 2 heterocycles. The zero-order valence-electron chi connectivity index (χ0n) is 21.2. The molecule has 0 unspecified atom stereocenters. The van der Waals surface area contributed by atoms with Crippen LogP contribution in [0.15, 0.2) is 58.9 Å². The highest BCUT2D eigenvalue weighted by Crippen LogP contribution is 2.43. The van der Waals surface area contributed by atoms with Crippen LogP contribution in [0.3, 0.4) is 0 Å². The van der Waals surface area contributed by atoms with E-state index in [9.17, 15) is 10.1 Å². The van der Waals surface area contributed by atoms with Crippen molar-refractivity contribution in [2.45, 2.75) is 10.8 Å². The number of hydrogen-bond donors (Lipinski definition) is 2. The number of benzene rings is 2. The molecule has 0 amide bonds. The molecule has 2 N–H and O–H groups in total. The zero-order valence-corrected chi connectivity index (χ0v) is 23.6. The summed E-state index contributed by atoms with van der Waals surface area (Å²) in [6, 6.07) is 16.5. The second kappa shape index (κ2) is 13.8. The summed E-state index contributed by atoms with van der Waals surface area (Å²) >= 11 is 8.81. The molecule has 4 rings (SSSR count). The smallest absolute Gasteiger partial charge is 0.325 e. The first-order valence-electron chi connectivity index (χ1n) is 11.8. The number of nitrogens with zero attached hydrogens (tertiary/aromatic N) is 4. The summed E-state index contributed by atoms with van der Waals surface area (Å²) in [7, 11) is 1.27. The van der Waals surface area contributed by atoms with Crippen LogP contribution in [0.4, 0.5) is 11.5 Å². The number of aliphatic hydroxyl groups is 1. The normalized spacial score (nSPS) is 10.4. The number of pyridine rings is 1. The number of aliphatic hydroxyl groups excluding tert-OH is 1. The van der Waals surface area contributed by atoms with E-state index in [1.165, 1.54) is 30.2 Å². The third kappa shape index (κ3) is 6.89. The number of carbonyl (C=O) groups excluding carboxylic acids is 1. The fraction of sp³-hybridized carbons (Fsp3) is 0.179. The van der Waals surface area contributed by atoms with Crippen molar-refractivity contribution in [3.63, 3.8) is 0 Å². The van der Waals surface area contributed by atoms with Gasteiger partial charge >= 0.3 is 5.97 Å². The maximum absolute atomic E-state index is 11.8. The Balaban J connectivity index is 1.70. The number of nitrogens with one attached hydrogen (secondary N) is 1. The van der Waals surface area contributed by atoms with Crippen molar-refractivity contribution in [3.8, 4) is 33.5 Å². The maximum Gasteiger partial charge on any atom is 0.325 e. The van der Waals surface area contributed by atoms with Crippen LogP contribution in [0, 0.1) is 17.9 Å². The second-order valence-corrected chi connectivity index (χ2v) is 10.3. The molecule has 0 spiro atoms. The van der Waals surface area contributed by atoms with Crippen LogP contribution in [-0.2, 0) is 15.3 Å². The number of hydrogen-bond acceptors (Lipinski definition) is 10. The topological polar surface area (TPSA) is 122 Å². The molecule has 2 aromatic carbocycles. The largest absolute Gasteiger partial charge is 0.491 e. The molecule has 0 bridgehead atoms. The Bertz CT molecular complexity index is 1580. The third-order valence-corrected chi connectivity index (χ3v) is 7.69. The number of thiazole rings is 1. The van der Waals surface area contributed by atoms with Gasteiger partial charge in [0.15, 0.2) is 0 Å². The van der Waals surface area contributed by atoms with E-state index in [-0.39, 0.29) is 36.8 Å². The molecular formula is C28H22ClN5O4S2. The van der Waals surface area contributed by atoms with Crippen LogP contribution in [0.25, 0.3) is 26.5 Å². The number of esters is 1. The van der Waals surface area contributed by atoms with Gasteiger partial charge in [0.05, 0.1) is 31.5 Å². The lowest BCUT2D eigenvalue weighted by atomic mass is 9.99. The van der Waals surface area contributed by atoms with Gasteiger partial charge in [-0.25, -0.2) is 14.8 Å². The Labute approximate surface area is 244 Å². The lowest BCUT2D eigenvalue weighted by molar-refractivity contribution is -0.138. The van der Waals surface area contributed by atoms with E-state index >= 15 is 0 Å². The Morgan fingerprint density at radius 1 is 1.20 bits per heavy atom. The number of ether oxygens (including phenoxy) is 2. The Kier molecular flexibility index (Phi) is 9.95. The lowest BCUT2D eigenvalue weighted by Gasteiger charge is -2.16. The van der Waals surface area contributed by atoms with E-state index < -0.39 is 5.97 Å². The predicted molar refractivity (Wildman–Crippen MR) is 156 cm³/mol. The average Bonchev–Trinajstić information content (AvgIpc) is 3.46. The molecule has 0 radical (unpaired) electrons. The van der Waals surface area contributed by atoms with Crippen LogP contribution in [0.2, 0.25) is 5.02 Å². The summed E-state index contributed by atoms with van der Waals surface area (Å²) < 4.78 is 10.2. The number of carbonyl (C=O) groups is 1. The fourth-order valence-electron chi connectivity index (χ4n) is 3.63. The van der Waals surface area contributed by atoms with Crippen molar-refractivity contribution < 1.29 is 19.4 Å². The zero-order chi connectivity index (χ0) is 28.5. The molecule has 0 aliphatic carbocycles. The van der Waals surface area contributed by atoms with Gasteiger partial charge < -0.3 is 19.9 Å². The van der Waals surface area contributed by atoms with Crippen molar-refractivity contribution in [3.05, 3.63) is 81.6 Å². The van der Waals surface area contributed by atoms with Crippen molar-refractivity contribution in [2.24, 2.45) is 0 Å². The minimum atomic E-state index is -0.527. The van der Waals surface area contributed by atoms with E-state index in [0.29, 0.717) is 32.7 Å². The molecule has 0 atom stereocenters. The number of rotatable bonds is 11. The average molecular weight is 592 g/mol. The minimum Gasteiger partial charge on any atom is -0.491 e. The molecule has 0 aliphatic rings. The summed E-state index contributed by atoms with van der Waals surface area (Å²) in [6.07, 6.45) is 0. The summed E-state index contributed by atoms with van der Waals surface area (Å²) in [5.41, 5.74) is 3.07. The Hall–Kier alpha value is -4.13. The monoisotopic (exact) mass is 591 g/mol. The van der Waals surface area contributed by atoms with Crippen LogP contribution in [0.1, 0.15) is 11.3 Å². The van der Waals surface area contributed by atoms with Gasteiger partial charge in [0.2, 0.25) is 5.69 Å². The van der Waals surface area contributed by atoms with Crippen molar-refractivity contribution in [2.75, 3.05) is 32.2 Å². The highest BCUT2D eigenvalue weighted by molar-refractivity contribution is 7.98. The first-order chi connectivity index (χ1) is 19.5. The maximum atomic E-state index is 11.8. The molecule has 40 heavy (non-hydrogen) atoms. The predicted octanol–water partition coefficient (Wildman–Crippen LogP) is 6.20. The van der Waals surface area contributed by atoms with Gasteiger partial charge in [0, 0.05) is 27.3 Å². The molecular weight excluding hydrogens is 570 g/mol. The van der Waals surface area contributed by atoms with Crippen LogP contribution >= 0.6 is 34.7 Å². The van der Waals surface area contributed by atoms with Crippen molar-refractivity contribution in [1.82, 2.24) is 9.97 Å². The number of thioether (sulfide) groups is 1. The SMILES string of the molecule is [C-]#[N+]c1c(NCC(=O)OC)nc(SCc2csc(-c3ccc(Cl)cc3)n2)c(C#N)c1-c1ccc(OCCO)cc1. The second-order valence-electron chi connectivity index (χ2n) is 8.05. The van der Waals surface area contributed by atoms with Gasteiger partial charge in [0.1, 0.15) is 40.8 Å². The molecule has 202 valence electrons.